The third-order valence-corrected chi connectivity index (χ3v) is 3.96. The van der Waals surface area contributed by atoms with E-state index in [1.165, 1.54) is 12.1 Å². The zero-order valence-electron chi connectivity index (χ0n) is 9.87. The van der Waals surface area contributed by atoms with Gasteiger partial charge in [-0.1, -0.05) is 0 Å². The molecule has 96 valence electrons. The smallest absolute Gasteiger partial charge is 0.270 e. The lowest BCUT2D eigenvalue weighted by atomic mass is 10.1. The van der Waals surface area contributed by atoms with Gasteiger partial charge in [0.05, 0.1) is 4.92 Å². The van der Waals surface area contributed by atoms with Crippen LogP contribution in [-0.2, 0) is 0 Å². The quantitative estimate of drug-likeness (QED) is 0.477. The highest BCUT2D eigenvalue weighted by atomic mass is 32.2. The summed E-state index contributed by atoms with van der Waals surface area (Å²) < 4.78 is 0. The number of hydrogen-bond acceptors (Lipinski definition) is 5. The lowest BCUT2D eigenvalue weighted by molar-refractivity contribution is -0.384. The predicted molar refractivity (Wildman–Crippen MR) is 72.6 cm³/mol. The Morgan fingerprint density at radius 3 is 2.89 bits per heavy atom. The number of rotatable bonds is 3. The van der Waals surface area contributed by atoms with Gasteiger partial charge in [-0.15, -0.1) is 0 Å². The van der Waals surface area contributed by atoms with Crippen LogP contribution in [0.3, 0.4) is 0 Å². The van der Waals surface area contributed by atoms with Gasteiger partial charge in [-0.05, 0) is 18.2 Å². The molecule has 1 aliphatic heterocycles. The first-order valence-corrected chi connectivity index (χ1v) is 6.94. The van der Waals surface area contributed by atoms with E-state index in [2.05, 4.69) is 4.90 Å². The van der Waals surface area contributed by atoms with Crippen molar-refractivity contribution in [3.63, 3.8) is 0 Å². The fraction of sp³-hybridized carbons (Fsp3) is 0.417. The summed E-state index contributed by atoms with van der Waals surface area (Å²) in [6.45, 7) is 1.77. The maximum atomic E-state index is 11.1. The molecule has 0 N–H and O–H groups in total. The number of nitrogens with zero attached hydrogens (tertiary/aromatic N) is 2. The number of carbonyl (C=O) groups is 1. The highest BCUT2D eigenvalue weighted by Gasteiger charge is 2.16. The van der Waals surface area contributed by atoms with Gasteiger partial charge in [0.2, 0.25) is 0 Å². The molecule has 1 fully saturated rings. The van der Waals surface area contributed by atoms with Gasteiger partial charge >= 0.3 is 0 Å². The van der Waals surface area contributed by atoms with E-state index < -0.39 is 4.92 Å². The normalized spacial score (nSPS) is 16.1. The summed E-state index contributed by atoms with van der Waals surface area (Å²) in [7, 11) is 0. The zero-order chi connectivity index (χ0) is 13.0. The number of nitro groups is 1. The molecule has 0 atom stereocenters. The summed E-state index contributed by atoms with van der Waals surface area (Å²) in [4.78, 5) is 23.4. The number of anilines is 1. The third-order valence-electron chi connectivity index (χ3n) is 2.91. The van der Waals surface area contributed by atoms with E-state index in [0.29, 0.717) is 11.8 Å². The molecule has 2 rings (SSSR count). The summed E-state index contributed by atoms with van der Waals surface area (Å²) in [5.41, 5.74) is 1.17. The molecule has 1 heterocycles. The number of hydrogen-bond donors (Lipinski definition) is 0. The first-order chi connectivity index (χ1) is 8.72. The Balaban J connectivity index is 2.31. The summed E-state index contributed by atoms with van der Waals surface area (Å²) in [6.07, 6.45) is 1.76. The molecule has 0 radical (unpaired) electrons. The van der Waals surface area contributed by atoms with Crippen molar-refractivity contribution in [3.05, 3.63) is 33.9 Å². The van der Waals surface area contributed by atoms with E-state index >= 15 is 0 Å². The summed E-state index contributed by atoms with van der Waals surface area (Å²) >= 11 is 1.90. The molecule has 0 bridgehead atoms. The molecule has 5 nitrogen and oxygen atoms in total. The van der Waals surface area contributed by atoms with Crippen molar-refractivity contribution in [1.82, 2.24) is 0 Å². The Bertz CT molecular complexity index is 457. The standard InChI is InChI=1S/C12H14N2O3S/c15-9-10-8-11(14(16)17)2-3-12(10)13-4-1-6-18-7-5-13/h2-3,8-9H,1,4-7H2. The van der Waals surface area contributed by atoms with Crippen molar-refractivity contribution in [2.24, 2.45) is 0 Å². The monoisotopic (exact) mass is 266 g/mol. The molecular formula is C12H14N2O3S. The Morgan fingerprint density at radius 2 is 2.17 bits per heavy atom. The number of non-ortho nitro benzene ring substituents is 1. The number of thioether (sulfide) groups is 1. The van der Waals surface area contributed by atoms with E-state index in [1.807, 2.05) is 11.8 Å². The topological polar surface area (TPSA) is 63.4 Å². The number of benzene rings is 1. The minimum absolute atomic E-state index is 0.0370. The second kappa shape index (κ2) is 5.86. The van der Waals surface area contributed by atoms with Gasteiger partial charge in [0, 0.05) is 42.2 Å². The Kier molecular flexibility index (Phi) is 4.19. The fourth-order valence-electron chi connectivity index (χ4n) is 2.02. The summed E-state index contributed by atoms with van der Waals surface area (Å²) in [6, 6.07) is 4.48. The van der Waals surface area contributed by atoms with Crippen LogP contribution in [0.1, 0.15) is 16.8 Å². The minimum atomic E-state index is -0.477. The van der Waals surface area contributed by atoms with Crippen LogP contribution in [0.25, 0.3) is 0 Å². The number of aldehydes is 1. The van der Waals surface area contributed by atoms with Crippen LogP contribution in [0.2, 0.25) is 0 Å². The molecule has 1 aromatic rings. The Hall–Kier alpha value is -1.56. The average molecular weight is 266 g/mol. The average Bonchev–Trinajstić information content (AvgIpc) is 2.66. The second-order valence-corrected chi connectivity index (χ2v) is 5.30. The predicted octanol–water partition coefficient (Wildman–Crippen LogP) is 2.35. The van der Waals surface area contributed by atoms with Gasteiger partial charge < -0.3 is 4.90 Å². The summed E-state index contributed by atoms with van der Waals surface area (Å²) in [5, 5.41) is 10.7. The van der Waals surface area contributed by atoms with E-state index in [-0.39, 0.29) is 5.69 Å². The molecule has 0 aromatic heterocycles. The van der Waals surface area contributed by atoms with Crippen LogP contribution in [0.4, 0.5) is 11.4 Å². The maximum Gasteiger partial charge on any atom is 0.270 e. The van der Waals surface area contributed by atoms with E-state index in [0.717, 1.165) is 36.7 Å². The molecule has 1 aliphatic rings. The largest absolute Gasteiger partial charge is 0.370 e. The van der Waals surface area contributed by atoms with Gasteiger partial charge in [-0.2, -0.15) is 11.8 Å². The van der Waals surface area contributed by atoms with Crippen LogP contribution in [0.15, 0.2) is 18.2 Å². The van der Waals surface area contributed by atoms with Crippen molar-refractivity contribution in [2.45, 2.75) is 6.42 Å². The molecule has 1 saturated heterocycles. The Morgan fingerprint density at radius 1 is 1.33 bits per heavy atom. The van der Waals surface area contributed by atoms with Crippen LogP contribution < -0.4 is 4.90 Å². The highest BCUT2D eigenvalue weighted by molar-refractivity contribution is 7.99. The van der Waals surface area contributed by atoms with Crippen LogP contribution in [-0.4, -0.2) is 35.8 Å². The molecule has 0 unspecified atom stereocenters. The molecule has 18 heavy (non-hydrogen) atoms. The SMILES string of the molecule is O=Cc1cc([N+](=O)[O-])ccc1N1CCCSCC1. The van der Waals surface area contributed by atoms with Crippen LogP contribution >= 0.6 is 11.8 Å². The molecule has 0 amide bonds. The zero-order valence-corrected chi connectivity index (χ0v) is 10.7. The molecule has 6 heteroatoms. The van der Waals surface area contributed by atoms with Crippen molar-refractivity contribution in [1.29, 1.82) is 0 Å². The van der Waals surface area contributed by atoms with Gasteiger partial charge in [-0.25, -0.2) is 0 Å². The minimum Gasteiger partial charge on any atom is -0.370 e. The highest BCUT2D eigenvalue weighted by Crippen LogP contribution is 2.26. The summed E-state index contributed by atoms with van der Waals surface area (Å²) in [5.74, 6) is 2.15. The number of carbonyl (C=O) groups excluding carboxylic acids is 1. The molecule has 1 aromatic carbocycles. The Labute approximate surface area is 109 Å². The fourth-order valence-corrected chi connectivity index (χ4v) is 2.91. The van der Waals surface area contributed by atoms with E-state index in [1.54, 1.807) is 6.07 Å². The third kappa shape index (κ3) is 2.81. The van der Waals surface area contributed by atoms with E-state index in [4.69, 9.17) is 0 Å². The van der Waals surface area contributed by atoms with Crippen molar-refractivity contribution >= 4 is 29.4 Å². The molecule has 0 saturated carbocycles. The molecule has 0 aliphatic carbocycles. The lowest BCUT2D eigenvalue weighted by Gasteiger charge is -2.23. The maximum absolute atomic E-state index is 11.1. The van der Waals surface area contributed by atoms with Gasteiger partial charge in [0.25, 0.3) is 5.69 Å². The van der Waals surface area contributed by atoms with Gasteiger partial charge in [0.1, 0.15) is 0 Å². The van der Waals surface area contributed by atoms with Crippen LogP contribution in [0, 0.1) is 10.1 Å². The van der Waals surface area contributed by atoms with Gasteiger partial charge in [0.15, 0.2) is 6.29 Å². The van der Waals surface area contributed by atoms with Crippen molar-refractivity contribution < 1.29 is 9.72 Å². The lowest BCUT2D eigenvalue weighted by Crippen LogP contribution is -2.26. The number of nitro benzene ring substituents is 1. The van der Waals surface area contributed by atoms with Gasteiger partial charge in [-0.3, -0.25) is 14.9 Å². The van der Waals surface area contributed by atoms with E-state index in [9.17, 15) is 14.9 Å². The first-order valence-electron chi connectivity index (χ1n) is 5.78. The molecule has 0 spiro atoms. The first kappa shape index (κ1) is 12.9. The molecular weight excluding hydrogens is 252 g/mol. The van der Waals surface area contributed by atoms with Crippen molar-refractivity contribution in [3.8, 4) is 0 Å². The second-order valence-electron chi connectivity index (χ2n) is 4.07. The van der Waals surface area contributed by atoms with Crippen molar-refractivity contribution in [2.75, 3.05) is 29.5 Å². The van der Waals surface area contributed by atoms with Crippen LogP contribution in [0.5, 0.6) is 0 Å².